The number of hydrogen-bond donors (Lipinski definition) is 0. The van der Waals surface area contributed by atoms with Crippen LogP contribution in [-0.2, 0) is 6.42 Å². The van der Waals surface area contributed by atoms with Gasteiger partial charge in [0.05, 0.1) is 12.2 Å². The van der Waals surface area contributed by atoms with Crippen molar-refractivity contribution in [2.45, 2.75) is 77.6 Å². The summed E-state index contributed by atoms with van der Waals surface area (Å²) in [5.41, 5.74) is 1.16. The predicted molar refractivity (Wildman–Crippen MR) is 109 cm³/mol. The van der Waals surface area contributed by atoms with E-state index in [2.05, 4.69) is 18.8 Å². The zero-order chi connectivity index (χ0) is 19.1. The van der Waals surface area contributed by atoms with Gasteiger partial charge in [0.1, 0.15) is 5.82 Å². The van der Waals surface area contributed by atoms with Gasteiger partial charge >= 0.3 is 0 Å². The van der Waals surface area contributed by atoms with Crippen LogP contribution in [0.3, 0.4) is 0 Å². The van der Waals surface area contributed by atoms with E-state index in [1.807, 2.05) is 0 Å². The van der Waals surface area contributed by atoms with E-state index < -0.39 is 6.67 Å². The van der Waals surface area contributed by atoms with Gasteiger partial charge in [-0.25, -0.2) is 4.39 Å². The van der Waals surface area contributed by atoms with Crippen molar-refractivity contribution in [1.82, 2.24) is 0 Å². The SMILES string of the molecule is CCC[C@H]1CC[C@H]([C@H]2CC[C@H](C#Cc3ccc(CCF)cc3F)CC2)CC1. The van der Waals surface area contributed by atoms with E-state index in [0.29, 0.717) is 17.0 Å². The third kappa shape index (κ3) is 5.81. The third-order valence-electron chi connectivity index (χ3n) is 6.85. The molecule has 1 aromatic carbocycles. The Morgan fingerprint density at radius 3 is 2.22 bits per heavy atom. The van der Waals surface area contributed by atoms with Gasteiger partial charge in [-0.05, 0) is 74.0 Å². The second-order valence-electron chi connectivity index (χ2n) is 8.70. The van der Waals surface area contributed by atoms with Gasteiger partial charge < -0.3 is 0 Å². The first-order valence-electron chi connectivity index (χ1n) is 11.1. The standard InChI is InChI=1S/C25H34F2/c1-2-3-19-4-10-22(11-5-19)23-12-6-20(7-13-23)8-14-24-15-9-21(16-17-26)18-25(24)27/h9,15,18-20,22-23H,2-7,10-13,16-17H2,1H3/t19-,20-,22-,23-. The molecule has 2 aliphatic carbocycles. The van der Waals surface area contributed by atoms with E-state index in [1.54, 1.807) is 12.1 Å². The van der Waals surface area contributed by atoms with Crippen LogP contribution in [0.5, 0.6) is 0 Å². The minimum absolute atomic E-state index is 0.273. The molecule has 0 spiro atoms. The van der Waals surface area contributed by atoms with Crippen molar-refractivity contribution in [3.05, 3.63) is 35.1 Å². The number of aryl methyl sites for hydroxylation is 1. The molecule has 148 valence electrons. The molecule has 27 heavy (non-hydrogen) atoms. The van der Waals surface area contributed by atoms with Crippen molar-refractivity contribution >= 4 is 0 Å². The molecule has 2 aliphatic rings. The Bertz CT molecular complexity index is 638. The van der Waals surface area contributed by atoms with Crippen molar-refractivity contribution in [2.75, 3.05) is 6.67 Å². The quantitative estimate of drug-likeness (QED) is 0.483. The average molecular weight is 373 g/mol. The lowest BCUT2D eigenvalue weighted by atomic mass is 9.69. The van der Waals surface area contributed by atoms with Crippen LogP contribution in [0.25, 0.3) is 0 Å². The molecule has 0 atom stereocenters. The third-order valence-corrected chi connectivity index (χ3v) is 6.85. The van der Waals surface area contributed by atoms with Gasteiger partial charge in [0.25, 0.3) is 0 Å². The van der Waals surface area contributed by atoms with Crippen LogP contribution >= 0.6 is 0 Å². The summed E-state index contributed by atoms with van der Waals surface area (Å²) in [6.07, 6.45) is 13.7. The molecule has 0 bridgehead atoms. The Hall–Kier alpha value is -1.36. The molecule has 0 heterocycles. The lowest BCUT2D eigenvalue weighted by Gasteiger charge is -2.37. The maximum Gasteiger partial charge on any atom is 0.139 e. The molecule has 2 heteroatoms. The second-order valence-corrected chi connectivity index (χ2v) is 8.70. The molecule has 0 aromatic heterocycles. The smallest absolute Gasteiger partial charge is 0.139 e. The summed E-state index contributed by atoms with van der Waals surface area (Å²) >= 11 is 0. The molecule has 2 fully saturated rings. The Balaban J connectivity index is 1.47. The summed E-state index contributed by atoms with van der Waals surface area (Å²) in [4.78, 5) is 0. The normalized spacial score (nSPS) is 28.4. The molecule has 0 saturated heterocycles. The first-order valence-corrected chi connectivity index (χ1v) is 11.1. The van der Waals surface area contributed by atoms with Crippen LogP contribution in [0.15, 0.2) is 18.2 Å². The molecule has 2 saturated carbocycles. The monoisotopic (exact) mass is 372 g/mol. The minimum Gasteiger partial charge on any atom is -0.251 e. The highest BCUT2D eigenvalue weighted by Gasteiger charge is 2.30. The Morgan fingerprint density at radius 2 is 1.63 bits per heavy atom. The zero-order valence-electron chi connectivity index (χ0n) is 16.8. The minimum atomic E-state index is -0.450. The number of benzene rings is 1. The Labute approximate surface area is 164 Å². The number of halogens is 2. The molecule has 0 unspecified atom stereocenters. The lowest BCUT2D eigenvalue weighted by molar-refractivity contribution is 0.154. The largest absolute Gasteiger partial charge is 0.251 e. The van der Waals surface area contributed by atoms with Gasteiger partial charge in [0.15, 0.2) is 0 Å². The molecule has 3 rings (SSSR count). The highest BCUT2D eigenvalue weighted by molar-refractivity contribution is 5.38. The van der Waals surface area contributed by atoms with Crippen LogP contribution in [0, 0.1) is 41.3 Å². The summed E-state index contributed by atoms with van der Waals surface area (Å²) in [6.45, 7) is 1.85. The average Bonchev–Trinajstić information content (AvgIpc) is 2.69. The fourth-order valence-corrected chi connectivity index (χ4v) is 5.20. The van der Waals surface area contributed by atoms with E-state index in [1.165, 1.54) is 57.4 Å². The van der Waals surface area contributed by atoms with Crippen molar-refractivity contribution in [2.24, 2.45) is 23.7 Å². The summed E-state index contributed by atoms with van der Waals surface area (Å²) in [5.74, 6) is 9.27. The lowest BCUT2D eigenvalue weighted by Crippen LogP contribution is -2.25. The molecule has 0 aliphatic heterocycles. The van der Waals surface area contributed by atoms with Crippen LogP contribution in [0.4, 0.5) is 8.78 Å². The number of hydrogen-bond acceptors (Lipinski definition) is 0. The van der Waals surface area contributed by atoms with E-state index in [9.17, 15) is 8.78 Å². The first kappa shape index (κ1) is 20.4. The topological polar surface area (TPSA) is 0 Å². The predicted octanol–water partition coefficient (Wildman–Crippen LogP) is 7.10. The van der Waals surface area contributed by atoms with Crippen molar-refractivity contribution in [3.8, 4) is 11.8 Å². The van der Waals surface area contributed by atoms with E-state index in [0.717, 1.165) is 30.6 Å². The molecule has 0 amide bonds. The van der Waals surface area contributed by atoms with Gasteiger partial charge in [-0.3, -0.25) is 4.39 Å². The van der Waals surface area contributed by atoms with Crippen molar-refractivity contribution in [3.63, 3.8) is 0 Å². The Kier molecular flexibility index (Phi) is 7.74. The summed E-state index contributed by atoms with van der Waals surface area (Å²) in [7, 11) is 0. The summed E-state index contributed by atoms with van der Waals surface area (Å²) < 4.78 is 26.5. The highest BCUT2D eigenvalue weighted by Crippen LogP contribution is 2.42. The summed E-state index contributed by atoms with van der Waals surface area (Å²) in [6, 6.07) is 4.92. The molecule has 0 nitrogen and oxygen atoms in total. The van der Waals surface area contributed by atoms with Crippen LogP contribution in [0.2, 0.25) is 0 Å². The maximum absolute atomic E-state index is 14.1. The number of rotatable bonds is 5. The number of alkyl halides is 1. The van der Waals surface area contributed by atoms with Crippen molar-refractivity contribution < 1.29 is 8.78 Å². The van der Waals surface area contributed by atoms with E-state index in [-0.39, 0.29) is 12.2 Å². The van der Waals surface area contributed by atoms with Gasteiger partial charge in [-0.1, -0.05) is 50.5 Å². The fraction of sp³-hybridized carbons (Fsp3) is 0.680. The summed E-state index contributed by atoms with van der Waals surface area (Å²) in [5, 5.41) is 0. The maximum atomic E-state index is 14.1. The highest BCUT2D eigenvalue weighted by atomic mass is 19.1. The van der Waals surface area contributed by atoms with Crippen LogP contribution in [0.1, 0.15) is 82.3 Å². The van der Waals surface area contributed by atoms with Gasteiger partial charge in [0, 0.05) is 12.3 Å². The van der Waals surface area contributed by atoms with E-state index in [4.69, 9.17) is 0 Å². The second kappa shape index (κ2) is 10.3. The Morgan fingerprint density at radius 1 is 0.963 bits per heavy atom. The van der Waals surface area contributed by atoms with Gasteiger partial charge in [-0.2, -0.15) is 0 Å². The van der Waals surface area contributed by atoms with Gasteiger partial charge in [-0.15, -0.1) is 0 Å². The fourth-order valence-electron chi connectivity index (χ4n) is 5.20. The van der Waals surface area contributed by atoms with Crippen LogP contribution < -0.4 is 0 Å². The molecular formula is C25H34F2. The van der Waals surface area contributed by atoms with Crippen LogP contribution in [-0.4, -0.2) is 6.67 Å². The first-order chi connectivity index (χ1) is 13.2. The molecule has 1 aromatic rings. The molecule has 0 radical (unpaired) electrons. The zero-order valence-corrected chi connectivity index (χ0v) is 16.8. The van der Waals surface area contributed by atoms with E-state index >= 15 is 0 Å². The van der Waals surface area contributed by atoms with Gasteiger partial charge in [0.2, 0.25) is 0 Å². The molecular weight excluding hydrogens is 338 g/mol. The molecule has 0 N–H and O–H groups in total. The van der Waals surface area contributed by atoms with Crippen molar-refractivity contribution in [1.29, 1.82) is 0 Å².